The van der Waals surface area contributed by atoms with Gasteiger partial charge < -0.3 is 19.4 Å². The van der Waals surface area contributed by atoms with Crippen LogP contribution in [0.15, 0.2) is 60.0 Å². The summed E-state index contributed by atoms with van der Waals surface area (Å²) in [6.07, 6.45) is 0. The minimum atomic E-state index is -0.0588. The number of rotatable bonds is 9. The Morgan fingerprint density at radius 2 is 1.66 bits per heavy atom. The molecule has 0 aliphatic heterocycles. The van der Waals surface area contributed by atoms with E-state index >= 15 is 0 Å². The Morgan fingerprint density at radius 3 is 2.26 bits per heavy atom. The highest BCUT2D eigenvalue weighted by Crippen LogP contribution is 2.33. The molecule has 1 amide bonds. The van der Waals surface area contributed by atoms with Crippen LogP contribution in [0.4, 0.5) is 0 Å². The summed E-state index contributed by atoms with van der Waals surface area (Å²) in [5, 5.41) is 6.02. The van der Waals surface area contributed by atoms with Crippen molar-refractivity contribution in [3.63, 3.8) is 0 Å². The van der Waals surface area contributed by atoms with Crippen LogP contribution in [-0.4, -0.2) is 36.2 Å². The molecule has 1 N–H and O–H groups in total. The molecule has 0 aliphatic carbocycles. The number of nitrogens with zero attached hydrogens (tertiary/aromatic N) is 2. The van der Waals surface area contributed by atoms with Gasteiger partial charge in [-0.1, -0.05) is 26.0 Å². The van der Waals surface area contributed by atoms with Crippen LogP contribution >= 0.6 is 11.3 Å². The molecular weight excluding hydrogens is 458 g/mol. The van der Waals surface area contributed by atoms with E-state index in [4.69, 9.17) is 14.5 Å². The number of thiazole rings is 1. The molecule has 0 atom stereocenters. The molecule has 35 heavy (non-hydrogen) atoms. The number of ether oxygens (including phenoxy) is 2. The third-order valence-corrected chi connectivity index (χ3v) is 6.78. The van der Waals surface area contributed by atoms with E-state index in [1.165, 1.54) is 0 Å². The standard InChI is InChI=1S/C28H31N3O3S/c1-18(2)15-29-27(32)24-14-26(31(19(24)3)16-20-6-10-22(33-4)11-7-20)25-17-35-28(30-25)21-8-12-23(34-5)13-9-21/h6-14,17-18H,15-16H2,1-5H3,(H,29,32). The first-order valence-corrected chi connectivity index (χ1v) is 12.5. The average molecular weight is 490 g/mol. The van der Waals surface area contributed by atoms with Gasteiger partial charge in [0.1, 0.15) is 16.5 Å². The van der Waals surface area contributed by atoms with Crippen molar-refractivity contribution in [2.75, 3.05) is 20.8 Å². The Bertz CT molecular complexity index is 1290. The number of aromatic nitrogens is 2. The SMILES string of the molecule is COc1ccc(Cn2c(-c3csc(-c4ccc(OC)cc4)n3)cc(C(=O)NCC(C)C)c2C)cc1. The molecule has 2 heterocycles. The van der Waals surface area contributed by atoms with E-state index in [1.54, 1.807) is 25.6 Å². The quantitative estimate of drug-likeness (QED) is 0.311. The number of methoxy groups -OCH3 is 2. The van der Waals surface area contributed by atoms with E-state index in [9.17, 15) is 4.79 Å². The summed E-state index contributed by atoms with van der Waals surface area (Å²) in [4.78, 5) is 17.9. The molecule has 0 saturated heterocycles. The van der Waals surface area contributed by atoms with Crippen molar-refractivity contribution < 1.29 is 14.3 Å². The molecule has 0 fully saturated rings. The van der Waals surface area contributed by atoms with Gasteiger partial charge in [0, 0.05) is 29.7 Å². The lowest BCUT2D eigenvalue weighted by atomic mass is 10.2. The Labute approximate surface area is 210 Å². The Hall–Kier alpha value is -3.58. The fourth-order valence-electron chi connectivity index (χ4n) is 3.85. The number of carbonyl (C=O) groups excluding carboxylic acids is 1. The van der Waals surface area contributed by atoms with Crippen molar-refractivity contribution >= 4 is 17.2 Å². The number of carbonyl (C=O) groups is 1. The van der Waals surface area contributed by atoms with Gasteiger partial charge in [-0.05, 0) is 60.9 Å². The molecule has 0 saturated carbocycles. The molecule has 4 rings (SSSR count). The Morgan fingerprint density at radius 1 is 1.03 bits per heavy atom. The molecule has 0 aliphatic rings. The molecule has 0 radical (unpaired) electrons. The second-order valence-electron chi connectivity index (χ2n) is 8.83. The smallest absolute Gasteiger partial charge is 0.253 e. The summed E-state index contributed by atoms with van der Waals surface area (Å²) in [6.45, 7) is 7.43. The van der Waals surface area contributed by atoms with Gasteiger partial charge in [-0.15, -0.1) is 11.3 Å². The number of amides is 1. The zero-order valence-corrected chi connectivity index (χ0v) is 21.6. The van der Waals surface area contributed by atoms with E-state index in [1.807, 2.05) is 61.5 Å². The second-order valence-corrected chi connectivity index (χ2v) is 9.69. The fraction of sp³-hybridized carbons (Fsp3) is 0.286. The van der Waals surface area contributed by atoms with Crippen molar-refractivity contribution in [1.29, 1.82) is 0 Å². The topological polar surface area (TPSA) is 65.4 Å². The zero-order valence-electron chi connectivity index (χ0n) is 20.8. The van der Waals surface area contributed by atoms with Crippen LogP contribution < -0.4 is 14.8 Å². The normalized spacial score (nSPS) is 11.0. The van der Waals surface area contributed by atoms with Gasteiger partial charge in [0.15, 0.2) is 0 Å². The molecule has 6 nitrogen and oxygen atoms in total. The number of benzene rings is 2. The first-order valence-electron chi connectivity index (χ1n) is 11.6. The monoisotopic (exact) mass is 489 g/mol. The first kappa shape index (κ1) is 24.5. The summed E-state index contributed by atoms with van der Waals surface area (Å²) < 4.78 is 12.7. The third-order valence-electron chi connectivity index (χ3n) is 5.89. The fourth-order valence-corrected chi connectivity index (χ4v) is 4.67. The van der Waals surface area contributed by atoms with Crippen LogP contribution in [0, 0.1) is 12.8 Å². The summed E-state index contributed by atoms with van der Waals surface area (Å²) in [6, 6.07) is 17.8. The molecule has 2 aromatic heterocycles. The van der Waals surface area contributed by atoms with Crippen molar-refractivity contribution in [2.45, 2.75) is 27.3 Å². The molecule has 0 spiro atoms. The predicted molar refractivity (Wildman–Crippen MR) is 142 cm³/mol. The summed E-state index contributed by atoms with van der Waals surface area (Å²) >= 11 is 1.59. The van der Waals surface area contributed by atoms with Crippen molar-refractivity contribution in [2.24, 2.45) is 5.92 Å². The van der Waals surface area contributed by atoms with Crippen LogP contribution in [0.3, 0.4) is 0 Å². The highest BCUT2D eigenvalue weighted by molar-refractivity contribution is 7.13. The average Bonchev–Trinajstić information content (AvgIpc) is 3.48. The first-order chi connectivity index (χ1) is 16.9. The van der Waals surface area contributed by atoms with E-state index < -0.39 is 0 Å². The predicted octanol–water partition coefficient (Wildman–Crippen LogP) is 6.04. The molecular formula is C28H31N3O3S. The largest absolute Gasteiger partial charge is 0.497 e. The van der Waals surface area contributed by atoms with Gasteiger partial charge in [0.25, 0.3) is 5.91 Å². The van der Waals surface area contributed by atoms with E-state index in [-0.39, 0.29) is 5.91 Å². The van der Waals surface area contributed by atoms with Gasteiger partial charge in [-0.3, -0.25) is 4.79 Å². The Balaban J connectivity index is 1.71. The van der Waals surface area contributed by atoms with Crippen LogP contribution in [0.2, 0.25) is 0 Å². The van der Waals surface area contributed by atoms with Gasteiger partial charge in [0.05, 0.1) is 31.2 Å². The summed E-state index contributed by atoms with van der Waals surface area (Å²) in [5.41, 5.74) is 5.50. The zero-order chi connectivity index (χ0) is 24.9. The van der Waals surface area contributed by atoms with Gasteiger partial charge in [-0.2, -0.15) is 0 Å². The van der Waals surface area contributed by atoms with Crippen molar-refractivity contribution in [1.82, 2.24) is 14.9 Å². The lowest BCUT2D eigenvalue weighted by Crippen LogP contribution is -2.27. The summed E-state index contributed by atoms with van der Waals surface area (Å²) in [5.74, 6) is 1.95. The van der Waals surface area contributed by atoms with E-state index in [0.29, 0.717) is 24.6 Å². The lowest BCUT2D eigenvalue weighted by molar-refractivity contribution is 0.0948. The third kappa shape index (κ3) is 5.57. The van der Waals surface area contributed by atoms with E-state index in [2.05, 4.69) is 29.1 Å². The van der Waals surface area contributed by atoms with Crippen molar-refractivity contribution in [3.8, 4) is 33.5 Å². The number of nitrogens with one attached hydrogen (secondary N) is 1. The van der Waals surface area contributed by atoms with E-state index in [0.717, 1.165) is 44.7 Å². The van der Waals surface area contributed by atoms with Crippen molar-refractivity contribution in [3.05, 3.63) is 76.8 Å². The number of hydrogen-bond acceptors (Lipinski definition) is 5. The molecule has 4 aromatic rings. The molecule has 7 heteroatoms. The minimum Gasteiger partial charge on any atom is -0.497 e. The maximum Gasteiger partial charge on any atom is 0.253 e. The van der Waals surface area contributed by atoms with Crippen LogP contribution in [0.25, 0.3) is 22.0 Å². The highest BCUT2D eigenvalue weighted by atomic mass is 32.1. The molecule has 2 aromatic carbocycles. The molecule has 0 unspecified atom stereocenters. The van der Waals surface area contributed by atoms with Gasteiger partial charge >= 0.3 is 0 Å². The van der Waals surface area contributed by atoms with Crippen LogP contribution in [-0.2, 0) is 6.54 Å². The maximum atomic E-state index is 13.0. The van der Waals surface area contributed by atoms with Gasteiger partial charge in [0.2, 0.25) is 0 Å². The molecule has 182 valence electrons. The van der Waals surface area contributed by atoms with Crippen LogP contribution in [0.5, 0.6) is 11.5 Å². The Kier molecular flexibility index (Phi) is 7.56. The second kappa shape index (κ2) is 10.8. The highest BCUT2D eigenvalue weighted by Gasteiger charge is 2.21. The van der Waals surface area contributed by atoms with Gasteiger partial charge in [-0.25, -0.2) is 4.98 Å². The maximum absolute atomic E-state index is 13.0. The lowest BCUT2D eigenvalue weighted by Gasteiger charge is -2.12. The summed E-state index contributed by atoms with van der Waals surface area (Å²) in [7, 11) is 3.32. The minimum absolute atomic E-state index is 0.0588. The molecule has 0 bridgehead atoms. The van der Waals surface area contributed by atoms with Crippen LogP contribution in [0.1, 0.15) is 35.5 Å². The number of hydrogen-bond donors (Lipinski definition) is 1.